The fourth-order valence-electron chi connectivity index (χ4n) is 1.76. The Hall–Kier alpha value is 0.0900. The fraction of sp³-hybridized carbons (Fsp3) is 0.667. The predicted octanol–water partition coefficient (Wildman–Crippen LogP) is 2.40. The topological polar surface area (TPSA) is 51.6 Å². The first-order chi connectivity index (χ1) is 8.38. The third-order valence-electron chi connectivity index (χ3n) is 2.71. The van der Waals surface area contributed by atoms with Gasteiger partial charge in [-0.3, -0.25) is 4.90 Å². The number of hydrogen-bond donors (Lipinski definition) is 1. The Morgan fingerprint density at radius 1 is 1.21 bits per heavy atom. The third-order valence-corrected chi connectivity index (χ3v) is 3.71. The van der Waals surface area contributed by atoms with E-state index in [1.807, 2.05) is 0 Å². The molecule has 1 aliphatic heterocycles. The van der Waals surface area contributed by atoms with Gasteiger partial charge < -0.3 is 14.9 Å². The van der Waals surface area contributed by atoms with Crippen molar-refractivity contribution in [2.45, 2.75) is 18.1 Å². The van der Waals surface area contributed by atoms with E-state index in [4.69, 9.17) is 14.9 Å². The summed E-state index contributed by atoms with van der Waals surface area (Å²) in [5.41, 5.74) is 5.46. The highest BCUT2D eigenvalue weighted by atomic mass is 35.5. The molecule has 2 heterocycles. The van der Waals surface area contributed by atoms with Crippen LogP contribution in [-0.4, -0.2) is 43.5 Å². The molecule has 0 saturated carbocycles. The molecule has 2 rings (SSSR count). The lowest BCUT2D eigenvalue weighted by Gasteiger charge is -2.25. The number of furan rings is 1. The molecule has 1 saturated heterocycles. The molecule has 1 aromatic rings. The van der Waals surface area contributed by atoms with Crippen LogP contribution in [0, 0.1) is 0 Å². The summed E-state index contributed by atoms with van der Waals surface area (Å²) in [5.74, 6) is 2.07. The maximum absolute atomic E-state index is 5.77. The lowest BCUT2D eigenvalue weighted by Crippen LogP contribution is -2.35. The number of halogens is 2. The van der Waals surface area contributed by atoms with Crippen LogP contribution in [0.25, 0.3) is 0 Å². The summed E-state index contributed by atoms with van der Waals surface area (Å²) in [6, 6.07) is 4.12. The normalized spacial score (nSPS) is 15.6. The minimum Gasteiger partial charge on any atom is -0.454 e. The van der Waals surface area contributed by atoms with Crippen molar-refractivity contribution in [2.75, 3.05) is 38.6 Å². The summed E-state index contributed by atoms with van der Waals surface area (Å²) < 4.78 is 11.1. The number of thioether (sulfide) groups is 1. The number of rotatable bonds is 6. The van der Waals surface area contributed by atoms with E-state index >= 15 is 0 Å². The van der Waals surface area contributed by atoms with E-state index in [2.05, 4.69) is 17.0 Å². The third kappa shape index (κ3) is 6.88. The van der Waals surface area contributed by atoms with Crippen molar-refractivity contribution in [3.05, 3.63) is 17.9 Å². The van der Waals surface area contributed by atoms with Crippen molar-refractivity contribution in [1.29, 1.82) is 0 Å². The van der Waals surface area contributed by atoms with Gasteiger partial charge in [-0.25, -0.2) is 0 Å². The second-order valence-corrected chi connectivity index (χ2v) is 5.20. The SMILES string of the molecule is Cl.Cl.NCCCSc1ccc(CN2CCOCC2)o1. The standard InChI is InChI=1S/C12H20N2O2S.2ClH/c13-4-1-9-17-12-3-2-11(16-12)10-14-5-7-15-8-6-14;;/h2-3H,1,4-10,13H2;2*1H. The van der Waals surface area contributed by atoms with Gasteiger partial charge in [0.1, 0.15) is 5.76 Å². The van der Waals surface area contributed by atoms with Crippen LogP contribution in [0.4, 0.5) is 0 Å². The van der Waals surface area contributed by atoms with E-state index in [0.29, 0.717) is 0 Å². The molecule has 0 amide bonds. The van der Waals surface area contributed by atoms with Crippen molar-refractivity contribution in [1.82, 2.24) is 4.90 Å². The van der Waals surface area contributed by atoms with E-state index in [9.17, 15) is 0 Å². The second kappa shape index (κ2) is 10.8. The van der Waals surface area contributed by atoms with Crippen LogP contribution < -0.4 is 5.73 Å². The van der Waals surface area contributed by atoms with Gasteiger partial charge in [0.15, 0.2) is 5.09 Å². The highest BCUT2D eigenvalue weighted by Crippen LogP contribution is 2.22. The maximum atomic E-state index is 5.77. The zero-order valence-electron chi connectivity index (χ0n) is 10.9. The van der Waals surface area contributed by atoms with Gasteiger partial charge in [0, 0.05) is 18.8 Å². The van der Waals surface area contributed by atoms with Crippen LogP contribution in [0.1, 0.15) is 12.2 Å². The molecule has 0 unspecified atom stereocenters. The average molecular weight is 329 g/mol. The van der Waals surface area contributed by atoms with Crippen molar-refractivity contribution >= 4 is 36.6 Å². The highest BCUT2D eigenvalue weighted by molar-refractivity contribution is 7.99. The lowest BCUT2D eigenvalue weighted by molar-refractivity contribution is 0.0309. The van der Waals surface area contributed by atoms with Crippen LogP contribution in [0.2, 0.25) is 0 Å². The maximum Gasteiger partial charge on any atom is 0.160 e. The zero-order chi connectivity index (χ0) is 11.9. The molecule has 4 nitrogen and oxygen atoms in total. The molecular formula is C12H22Cl2N2O2S. The van der Waals surface area contributed by atoms with Crippen molar-refractivity contribution in [3.63, 3.8) is 0 Å². The van der Waals surface area contributed by atoms with Crippen molar-refractivity contribution in [2.24, 2.45) is 5.73 Å². The number of nitrogens with zero attached hydrogens (tertiary/aromatic N) is 1. The first-order valence-corrected chi connectivity index (χ1v) is 7.09. The first kappa shape index (κ1) is 19.1. The number of nitrogens with two attached hydrogens (primary N) is 1. The molecule has 1 aliphatic rings. The van der Waals surface area contributed by atoms with Crippen LogP contribution in [0.5, 0.6) is 0 Å². The smallest absolute Gasteiger partial charge is 0.160 e. The largest absolute Gasteiger partial charge is 0.454 e. The van der Waals surface area contributed by atoms with E-state index in [1.165, 1.54) is 0 Å². The molecule has 0 spiro atoms. The Balaban J connectivity index is 0.00000162. The van der Waals surface area contributed by atoms with Crippen LogP contribution in [-0.2, 0) is 11.3 Å². The van der Waals surface area contributed by atoms with E-state index in [0.717, 1.165) is 62.4 Å². The number of hydrogen-bond acceptors (Lipinski definition) is 5. The minimum absolute atomic E-state index is 0. The lowest BCUT2D eigenvalue weighted by atomic mass is 10.3. The quantitative estimate of drug-likeness (QED) is 0.642. The average Bonchev–Trinajstić information content (AvgIpc) is 2.79. The van der Waals surface area contributed by atoms with E-state index in [-0.39, 0.29) is 24.8 Å². The summed E-state index contributed by atoms with van der Waals surface area (Å²) in [7, 11) is 0. The predicted molar refractivity (Wildman–Crippen MR) is 83.7 cm³/mol. The molecule has 1 fully saturated rings. The molecule has 7 heteroatoms. The van der Waals surface area contributed by atoms with E-state index < -0.39 is 0 Å². The zero-order valence-corrected chi connectivity index (χ0v) is 13.3. The second-order valence-electron chi connectivity index (χ2n) is 4.10. The molecule has 112 valence electrons. The Bertz CT molecular complexity index is 333. The molecular weight excluding hydrogens is 307 g/mol. The molecule has 0 aliphatic carbocycles. The number of morpholine rings is 1. The summed E-state index contributed by atoms with van der Waals surface area (Å²) >= 11 is 1.74. The Morgan fingerprint density at radius 2 is 1.95 bits per heavy atom. The highest BCUT2D eigenvalue weighted by Gasteiger charge is 2.12. The first-order valence-electron chi connectivity index (χ1n) is 6.10. The molecule has 0 atom stereocenters. The Morgan fingerprint density at radius 3 is 2.63 bits per heavy atom. The fourth-order valence-corrected chi connectivity index (χ4v) is 2.60. The van der Waals surface area contributed by atoms with Gasteiger partial charge in [-0.1, -0.05) is 11.8 Å². The Labute approximate surface area is 131 Å². The van der Waals surface area contributed by atoms with E-state index in [1.54, 1.807) is 11.8 Å². The molecule has 0 radical (unpaired) electrons. The Kier molecular flexibility index (Phi) is 10.9. The van der Waals surface area contributed by atoms with Gasteiger partial charge in [0.25, 0.3) is 0 Å². The molecule has 1 aromatic heterocycles. The minimum atomic E-state index is 0. The van der Waals surface area contributed by atoms with Gasteiger partial charge >= 0.3 is 0 Å². The van der Waals surface area contributed by atoms with Crippen LogP contribution in [0.15, 0.2) is 21.6 Å². The summed E-state index contributed by atoms with van der Waals surface area (Å²) in [6.07, 6.45) is 1.03. The molecule has 2 N–H and O–H groups in total. The summed E-state index contributed by atoms with van der Waals surface area (Å²) in [4.78, 5) is 2.36. The summed E-state index contributed by atoms with van der Waals surface area (Å²) in [6.45, 7) is 5.29. The molecule has 19 heavy (non-hydrogen) atoms. The number of ether oxygens (including phenoxy) is 1. The summed E-state index contributed by atoms with van der Waals surface area (Å²) in [5, 5.41) is 1.00. The van der Waals surface area contributed by atoms with Crippen molar-refractivity contribution < 1.29 is 9.15 Å². The van der Waals surface area contributed by atoms with Crippen LogP contribution in [0.3, 0.4) is 0 Å². The van der Waals surface area contributed by atoms with Gasteiger partial charge in [-0.15, -0.1) is 24.8 Å². The molecule has 0 bridgehead atoms. The van der Waals surface area contributed by atoms with Gasteiger partial charge in [-0.2, -0.15) is 0 Å². The van der Waals surface area contributed by atoms with Gasteiger partial charge in [0.05, 0.1) is 19.8 Å². The van der Waals surface area contributed by atoms with Crippen LogP contribution >= 0.6 is 36.6 Å². The molecule has 0 aromatic carbocycles. The van der Waals surface area contributed by atoms with Gasteiger partial charge in [-0.05, 0) is 25.1 Å². The monoisotopic (exact) mass is 328 g/mol. The van der Waals surface area contributed by atoms with Crippen molar-refractivity contribution in [3.8, 4) is 0 Å². The van der Waals surface area contributed by atoms with Gasteiger partial charge in [0.2, 0.25) is 0 Å².